The third-order valence-corrected chi connectivity index (χ3v) is 3.39. The Morgan fingerprint density at radius 3 is 3.00 bits per heavy atom. The first-order valence-electron chi connectivity index (χ1n) is 5.77. The van der Waals surface area contributed by atoms with Crippen molar-refractivity contribution in [3.05, 3.63) is 54.7 Å². The van der Waals surface area contributed by atoms with Gasteiger partial charge in [0.05, 0.1) is 19.3 Å². The van der Waals surface area contributed by atoms with E-state index in [1.165, 1.54) is 11.3 Å². The number of nitrogens with zero attached hydrogens (tertiary/aromatic N) is 1. The zero-order valence-electron chi connectivity index (χ0n) is 10.4. The van der Waals surface area contributed by atoms with E-state index in [4.69, 9.17) is 5.11 Å². The summed E-state index contributed by atoms with van der Waals surface area (Å²) >= 11 is 1.38. The van der Waals surface area contributed by atoms with Gasteiger partial charge in [-0.3, -0.25) is 14.3 Å². The maximum absolute atomic E-state index is 13.2. The molecule has 2 rings (SSSR count). The lowest BCUT2D eigenvalue weighted by Gasteiger charge is -2.03. The molecular formula is C13H11FN2O3S. The molecule has 0 fully saturated rings. The normalized spacial score (nSPS) is 10.1. The largest absolute Gasteiger partial charge is 0.395 e. The number of H-pyrrole nitrogens is 1. The summed E-state index contributed by atoms with van der Waals surface area (Å²) in [7, 11) is 0. The van der Waals surface area contributed by atoms with Gasteiger partial charge in [-0.15, -0.1) is 11.3 Å². The summed E-state index contributed by atoms with van der Waals surface area (Å²) in [6, 6.07) is 1.79. The zero-order valence-corrected chi connectivity index (χ0v) is 11.2. The Bertz CT molecular complexity index is 779. The maximum Gasteiger partial charge on any atom is 0.328 e. The highest BCUT2D eigenvalue weighted by Gasteiger charge is 2.07. The van der Waals surface area contributed by atoms with Gasteiger partial charge in [0.15, 0.2) is 0 Å². The number of halogens is 1. The summed E-state index contributed by atoms with van der Waals surface area (Å²) in [6.07, 6.45) is 1.24. The summed E-state index contributed by atoms with van der Waals surface area (Å²) < 4.78 is 14.3. The van der Waals surface area contributed by atoms with Gasteiger partial charge in [0.25, 0.3) is 5.56 Å². The van der Waals surface area contributed by atoms with Crippen molar-refractivity contribution in [2.75, 3.05) is 6.61 Å². The molecule has 2 aromatic rings. The number of thiophene rings is 1. The minimum atomic E-state index is -1.03. The second-order valence-corrected chi connectivity index (χ2v) is 4.90. The first-order chi connectivity index (χ1) is 9.61. The first kappa shape index (κ1) is 14.2. The van der Waals surface area contributed by atoms with Gasteiger partial charge in [0, 0.05) is 16.9 Å². The second kappa shape index (κ2) is 6.32. The average Bonchev–Trinajstić information content (AvgIpc) is 2.84. The van der Waals surface area contributed by atoms with Crippen molar-refractivity contribution in [1.29, 1.82) is 0 Å². The van der Waals surface area contributed by atoms with Crippen molar-refractivity contribution >= 4 is 11.3 Å². The van der Waals surface area contributed by atoms with E-state index in [2.05, 4.69) is 11.8 Å². The van der Waals surface area contributed by atoms with Crippen LogP contribution in [-0.4, -0.2) is 21.3 Å². The SMILES string of the molecule is O=c1[nH]c(=O)n(Cc2sccc2C#CCCO)cc1F. The van der Waals surface area contributed by atoms with E-state index in [0.29, 0.717) is 6.42 Å². The van der Waals surface area contributed by atoms with Crippen LogP contribution in [0.2, 0.25) is 0 Å². The van der Waals surface area contributed by atoms with E-state index in [1.807, 2.05) is 10.4 Å². The number of nitrogens with one attached hydrogen (secondary N) is 1. The molecule has 0 saturated carbocycles. The first-order valence-corrected chi connectivity index (χ1v) is 6.65. The molecular weight excluding hydrogens is 283 g/mol. The minimum Gasteiger partial charge on any atom is -0.395 e. The molecule has 2 aromatic heterocycles. The second-order valence-electron chi connectivity index (χ2n) is 3.90. The zero-order chi connectivity index (χ0) is 14.5. The van der Waals surface area contributed by atoms with Crippen LogP contribution >= 0.6 is 11.3 Å². The van der Waals surface area contributed by atoms with Gasteiger partial charge in [0.1, 0.15) is 0 Å². The van der Waals surface area contributed by atoms with Gasteiger partial charge in [-0.05, 0) is 11.4 Å². The Morgan fingerprint density at radius 2 is 2.25 bits per heavy atom. The fourth-order valence-electron chi connectivity index (χ4n) is 1.54. The van der Waals surface area contributed by atoms with E-state index in [-0.39, 0.29) is 13.2 Å². The summed E-state index contributed by atoms with van der Waals surface area (Å²) in [6.45, 7) is 0.115. The monoisotopic (exact) mass is 294 g/mol. The maximum atomic E-state index is 13.2. The molecule has 0 bridgehead atoms. The molecule has 0 amide bonds. The summed E-state index contributed by atoms with van der Waals surface area (Å²) in [5.41, 5.74) is -0.971. The quantitative estimate of drug-likeness (QED) is 0.810. The van der Waals surface area contributed by atoms with Crippen LogP contribution < -0.4 is 11.2 Å². The van der Waals surface area contributed by atoms with E-state index in [9.17, 15) is 14.0 Å². The van der Waals surface area contributed by atoms with Crippen LogP contribution in [0.1, 0.15) is 16.9 Å². The predicted molar refractivity (Wildman–Crippen MR) is 73.3 cm³/mol. The Morgan fingerprint density at radius 1 is 1.45 bits per heavy atom. The predicted octanol–water partition coefficient (Wildman–Crippen LogP) is 0.519. The van der Waals surface area contributed by atoms with Crippen LogP contribution in [0.15, 0.2) is 27.2 Å². The van der Waals surface area contributed by atoms with Crippen molar-refractivity contribution in [1.82, 2.24) is 9.55 Å². The highest BCUT2D eigenvalue weighted by molar-refractivity contribution is 7.10. The molecule has 0 radical (unpaired) electrons. The molecule has 0 spiro atoms. The summed E-state index contributed by atoms with van der Waals surface area (Å²) in [5.74, 6) is 4.66. The molecule has 0 aromatic carbocycles. The van der Waals surface area contributed by atoms with Gasteiger partial charge < -0.3 is 5.11 Å². The molecule has 0 aliphatic carbocycles. The van der Waals surface area contributed by atoms with Crippen LogP contribution in [0, 0.1) is 17.7 Å². The molecule has 2 heterocycles. The van der Waals surface area contributed by atoms with Crippen LogP contribution in [0.4, 0.5) is 4.39 Å². The van der Waals surface area contributed by atoms with Crippen LogP contribution in [0.5, 0.6) is 0 Å². The minimum absolute atomic E-state index is 0.0168. The smallest absolute Gasteiger partial charge is 0.328 e. The summed E-state index contributed by atoms with van der Waals surface area (Å²) in [5, 5.41) is 10.5. The van der Waals surface area contributed by atoms with Crippen molar-refractivity contribution in [2.45, 2.75) is 13.0 Å². The highest BCUT2D eigenvalue weighted by atomic mass is 32.1. The number of aromatic amines is 1. The average molecular weight is 294 g/mol. The Hall–Kier alpha value is -2.17. The van der Waals surface area contributed by atoms with Crippen molar-refractivity contribution in [3.63, 3.8) is 0 Å². The molecule has 2 N–H and O–H groups in total. The molecule has 7 heteroatoms. The van der Waals surface area contributed by atoms with Gasteiger partial charge in [0.2, 0.25) is 5.82 Å². The highest BCUT2D eigenvalue weighted by Crippen LogP contribution is 2.16. The van der Waals surface area contributed by atoms with Gasteiger partial charge in [-0.1, -0.05) is 11.8 Å². The van der Waals surface area contributed by atoms with Crippen molar-refractivity contribution in [2.24, 2.45) is 0 Å². The summed E-state index contributed by atoms with van der Waals surface area (Å²) in [4.78, 5) is 25.2. The molecule has 0 aliphatic heterocycles. The van der Waals surface area contributed by atoms with Crippen molar-refractivity contribution < 1.29 is 9.50 Å². The fraction of sp³-hybridized carbons (Fsp3) is 0.231. The van der Waals surface area contributed by atoms with Crippen LogP contribution in [0.3, 0.4) is 0 Å². The lowest BCUT2D eigenvalue weighted by atomic mass is 10.2. The van der Waals surface area contributed by atoms with Crippen molar-refractivity contribution in [3.8, 4) is 11.8 Å². The molecule has 0 saturated heterocycles. The third-order valence-electron chi connectivity index (χ3n) is 2.49. The Labute approximate surface area is 117 Å². The standard InChI is InChI=1S/C13H11FN2O3S/c14-10-7-16(13(19)15-12(10)18)8-11-9(4-6-20-11)3-1-2-5-17/h4,6-7,17H,2,5,8H2,(H,15,18,19). The number of aliphatic hydroxyl groups excluding tert-OH is 1. The molecule has 104 valence electrons. The molecule has 5 nitrogen and oxygen atoms in total. The number of hydrogen-bond acceptors (Lipinski definition) is 4. The van der Waals surface area contributed by atoms with Gasteiger partial charge in [-0.25, -0.2) is 4.79 Å². The van der Waals surface area contributed by atoms with Crippen LogP contribution in [-0.2, 0) is 6.54 Å². The Balaban J connectivity index is 2.30. The lowest BCUT2D eigenvalue weighted by molar-refractivity contribution is 0.305. The molecule has 0 unspecified atom stereocenters. The van der Waals surface area contributed by atoms with E-state index >= 15 is 0 Å². The van der Waals surface area contributed by atoms with Gasteiger partial charge in [-0.2, -0.15) is 4.39 Å². The number of hydrogen-bond donors (Lipinski definition) is 2. The van der Waals surface area contributed by atoms with E-state index < -0.39 is 17.1 Å². The number of aromatic nitrogens is 2. The molecule has 0 atom stereocenters. The topological polar surface area (TPSA) is 75.1 Å². The fourth-order valence-corrected chi connectivity index (χ4v) is 2.37. The number of rotatable bonds is 3. The molecule has 0 aliphatic rings. The third kappa shape index (κ3) is 3.23. The van der Waals surface area contributed by atoms with E-state index in [0.717, 1.165) is 21.2 Å². The molecule has 20 heavy (non-hydrogen) atoms. The lowest BCUT2D eigenvalue weighted by Crippen LogP contribution is -2.31. The van der Waals surface area contributed by atoms with E-state index in [1.54, 1.807) is 6.07 Å². The van der Waals surface area contributed by atoms with Crippen LogP contribution in [0.25, 0.3) is 0 Å². The number of aliphatic hydroxyl groups is 1. The Kier molecular flexibility index (Phi) is 4.50. The van der Waals surface area contributed by atoms with Gasteiger partial charge >= 0.3 is 5.69 Å².